The van der Waals surface area contributed by atoms with E-state index in [2.05, 4.69) is 0 Å². The van der Waals surface area contributed by atoms with Gasteiger partial charge in [-0.05, 0) is 0 Å². The first-order valence-corrected chi connectivity index (χ1v) is 5.77. The van der Waals surface area contributed by atoms with E-state index in [-0.39, 0.29) is 0 Å². The second-order valence-electron chi connectivity index (χ2n) is 4.75. The van der Waals surface area contributed by atoms with E-state index in [9.17, 15) is 65.9 Å². The van der Waals surface area contributed by atoms with Crippen LogP contribution in [-0.2, 0) is 4.74 Å². The zero-order valence-electron chi connectivity index (χ0n) is 11.8. The first kappa shape index (κ1) is 25.8. The summed E-state index contributed by atoms with van der Waals surface area (Å²) < 4.78 is 190. The fourth-order valence-electron chi connectivity index (χ4n) is 1.29. The van der Waals surface area contributed by atoms with Crippen LogP contribution >= 0.6 is 0 Å². The molecule has 0 aromatic carbocycles. The number of ether oxygens (including phenoxy) is 1. The predicted octanol–water partition coefficient (Wildman–Crippen LogP) is 3.99. The van der Waals surface area contributed by atoms with Crippen molar-refractivity contribution in [3.05, 3.63) is 0 Å². The minimum atomic E-state index is -7.90. The molecule has 0 unspecified atom stereocenters. The van der Waals surface area contributed by atoms with Gasteiger partial charge in [-0.3, -0.25) is 4.74 Å². The Bertz CT molecular complexity index is 506. The maximum Gasteiger partial charge on any atom is 0.458 e. The summed E-state index contributed by atoms with van der Waals surface area (Å²) in [6, 6.07) is 0. The van der Waals surface area contributed by atoms with Crippen LogP contribution in [0, 0.1) is 0 Å². The highest BCUT2D eigenvalue weighted by Gasteiger charge is 2.86. The first-order valence-electron chi connectivity index (χ1n) is 5.77. The number of alkyl halides is 15. The van der Waals surface area contributed by atoms with Gasteiger partial charge in [0.2, 0.25) is 0 Å². The van der Waals surface area contributed by atoms with Crippen LogP contribution in [0.25, 0.3) is 0 Å². The van der Waals surface area contributed by atoms with Crippen molar-refractivity contribution < 1.29 is 80.8 Å². The van der Waals surface area contributed by atoms with E-state index in [1.807, 2.05) is 0 Å². The van der Waals surface area contributed by atoms with Crippen molar-refractivity contribution in [1.82, 2.24) is 0 Å². The average Bonchev–Trinajstić information content (AvgIpc) is 2.32. The summed E-state index contributed by atoms with van der Waals surface area (Å²) in [5.74, 6) is -29.6. The van der Waals surface area contributed by atoms with Gasteiger partial charge in [0, 0.05) is 0 Å². The lowest BCUT2D eigenvalue weighted by Crippen LogP contribution is -2.67. The molecule has 0 aliphatic carbocycles. The highest BCUT2D eigenvalue weighted by Crippen LogP contribution is 2.58. The van der Waals surface area contributed by atoms with Crippen LogP contribution in [0.2, 0.25) is 0 Å². The Balaban J connectivity index is 6.25. The van der Waals surface area contributed by atoms with Gasteiger partial charge in [-0.25, -0.2) is 0 Å². The van der Waals surface area contributed by atoms with Gasteiger partial charge in [0.05, 0.1) is 6.42 Å². The third-order valence-electron chi connectivity index (χ3n) is 2.66. The van der Waals surface area contributed by atoms with Crippen LogP contribution in [0.1, 0.15) is 6.42 Å². The molecule has 3 nitrogen and oxygen atoms in total. The van der Waals surface area contributed by atoms with E-state index in [1.165, 1.54) is 4.74 Å². The number of halogens is 15. The lowest BCUT2D eigenvalue weighted by Gasteiger charge is -2.39. The van der Waals surface area contributed by atoms with Crippen molar-refractivity contribution >= 4 is 0 Å². The quantitative estimate of drug-likeness (QED) is 0.460. The second-order valence-corrected chi connectivity index (χ2v) is 4.75. The van der Waals surface area contributed by atoms with Gasteiger partial charge in [0.25, 0.3) is 0 Å². The molecule has 0 spiro atoms. The van der Waals surface area contributed by atoms with E-state index in [0.29, 0.717) is 0 Å². The minimum absolute atomic E-state index is 1.27. The maximum atomic E-state index is 13.1. The van der Waals surface area contributed by atoms with E-state index in [4.69, 9.17) is 10.2 Å². The lowest BCUT2D eigenvalue weighted by molar-refractivity contribution is -0.521. The fraction of sp³-hybridized carbons (Fsp3) is 1.00. The molecule has 0 aromatic rings. The second kappa shape index (κ2) is 6.71. The molecule has 27 heavy (non-hydrogen) atoms. The molecule has 0 bridgehead atoms. The van der Waals surface area contributed by atoms with E-state index >= 15 is 0 Å². The van der Waals surface area contributed by atoms with Crippen LogP contribution in [0.15, 0.2) is 0 Å². The molecule has 0 fully saturated rings. The lowest BCUT2D eigenvalue weighted by atomic mass is 10.0. The average molecular weight is 446 g/mol. The molecule has 0 aliphatic rings. The van der Waals surface area contributed by atoms with Gasteiger partial charge in [0.15, 0.2) is 6.29 Å². The Morgan fingerprint density at radius 1 is 0.593 bits per heavy atom. The van der Waals surface area contributed by atoms with Crippen LogP contribution in [0.3, 0.4) is 0 Å². The topological polar surface area (TPSA) is 49.7 Å². The fourth-order valence-corrected chi connectivity index (χ4v) is 1.29. The van der Waals surface area contributed by atoms with Crippen molar-refractivity contribution in [1.29, 1.82) is 0 Å². The van der Waals surface area contributed by atoms with Gasteiger partial charge in [-0.15, -0.1) is 0 Å². The molecule has 0 radical (unpaired) electrons. The molecule has 0 saturated heterocycles. The van der Waals surface area contributed by atoms with E-state index < -0.39 is 54.8 Å². The molecule has 0 amide bonds. The number of hydrogen-bond donors (Lipinski definition) is 2. The summed E-state index contributed by atoms with van der Waals surface area (Å²) in [5.41, 5.74) is 0. The molecule has 0 aromatic heterocycles. The normalized spacial score (nSPS) is 16.2. The van der Waals surface area contributed by atoms with Gasteiger partial charge in [0.1, 0.15) is 0 Å². The number of aliphatic hydroxyl groups is 2. The van der Waals surface area contributed by atoms with Crippen molar-refractivity contribution in [2.24, 2.45) is 0 Å². The van der Waals surface area contributed by atoms with E-state index in [1.54, 1.807) is 0 Å². The largest absolute Gasteiger partial charge is 0.458 e. The van der Waals surface area contributed by atoms with Gasteiger partial charge in [-0.1, -0.05) is 0 Å². The number of hydrogen-bond acceptors (Lipinski definition) is 3. The maximum absolute atomic E-state index is 13.1. The van der Waals surface area contributed by atoms with Gasteiger partial charge >= 0.3 is 42.1 Å². The van der Waals surface area contributed by atoms with Crippen molar-refractivity contribution in [3.63, 3.8) is 0 Å². The standard InChI is InChI=1S/C9H5F15O3/c10-3(11,1-2(25)26)4(12,13)5(14,15)9(23,24)27-6(16,7(17,18)19)8(20,21)22/h2,25-26H,1H2. The Hall–Kier alpha value is -1.17. The summed E-state index contributed by atoms with van der Waals surface area (Å²) in [7, 11) is 0. The highest BCUT2D eigenvalue weighted by atomic mass is 19.4. The molecule has 0 aliphatic heterocycles. The van der Waals surface area contributed by atoms with Crippen LogP contribution in [-0.4, -0.2) is 58.6 Å². The molecule has 164 valence electrons. The van der Waals surface area contributed by atoms with Gasteiger partial charge in [-0.2, -0.15) is 65.9 Å². The summed E-state index contributed by atoms with van der Waals surface area (Å²) >= 11 is 0. The molecule has 2 N–H and O–H groups in total. The SMILES string of the molecule is OC(O)CC(F)(F)C(F)(F)C(F)(F)C(F)(F)OC(F)(C(F)(F)F)C(F)(F)F. The van der Waals surface area contributed by atoms with Crippen molar-refractivity contribution in [3.8, 4) is 0 Å². The third kappa shape index (κ3) is 4.30. The summed E-state index contributed by atoms with van der Waals surface area (Å²) in [4.78, 5) is 0. The molecular formula is C9H5F15O3. The van der Waals surface area contributed by atoms with Crippen LogP contribution in [0.5, 0.6) is 0 Å². The predicted molar refractivity (Wildman–Crippen MR) is 49.7 cm³/mol. The Labute approximate surface area is 137 Å². The highest BCUT2D eigenvalue weighted by molar-refractivity contribution is 5.02. The zero-order chi connectivity index (χ0) is 22.5. The summed E-state index contributed by atoms with van der Waals surface area (Å²) in [6.07, 6.45) is -29.6. The van der Waals surface area contributed by atoms with E-state index in [0.717, 1.165) is 0 Å². The van der Waals surface area contributed by atoms with Crippen LogP contribution < -0.4 is 0 Å². The Morgan fingerprint density at radius 2 is 0.926 bits per heavy atom. The number of aliphatic hydroxyl groups excluding tert-OH is 1. The third-order valence-corrected chi connectivity index (χ3v) is 2.66. The van der Waals surface area contributed by atoms with Crippen molar-refractivity contribution in [2.45, 2.75) is 54.8 Å². The molecular weight excluding hydrogens is 441 g/mol. The van der Waals surface area contributed by atoms with Crippen molar-refractivity contribution in [2.75, 3.05) is 0 Å². The molecule has 18 heteroatoms. The molecule has 0 rings (SSSR count). The monoisotopic (exact) mass is 446 g/mol. The Morgan fingerprint density at radius 3 is 1.19 bits per heavy atom. The molecule has 0 saturated carbocycles. The summed E-state index contributed by atoms with van der Waals surface area (Å²) in [5, 5.41) is 16.1. The van der Waals surface area contributed by atoms with Gasteiger partial charge < -0.3 is 10.2 Å². The summed E-state index contributed by atoms with van der Waals surface area (Å²) in [6.45, 7) is 0. The smallest absolute Gasteiger partial charge is 0.368 e. The minimum Gasteiger partial charge on any atom is -0.368 e. The first-order chi connectivity index (χ1) is 11.4. The molecule has 0 heterocycles. The number of rotatable bonds is 7. The molecule has 0 atom stereocenters. The van der Waals surface area contributed by atoms with Crippen LogP contribution in [0.4, 0.5) is 65.9 Å². The Kier molecular flexibility index (Phi) is 6.42. The zero-order valence-corrected chi connectivity index (χ0v) is 11.8.